The van der Waals surface area contributed by atoms with Gasteiger partial charge < -0.3 is 5.73 Å². The predicted molar refractivity (Wildman–Crippen MR) is 66.5 cm³/mol. The average molecular weight is 316 g/mol. The van der Waals surface area contributed by atoms with Gasteiger partial charge in [0.25, 0.3) is 0 Å². The molecule has 0 fully saturated rings. The van der Waals surface area contributed by atoms with Crippen LogP contribution in [0.15, 0.2) is 40.9 Å². The minimum absolute atomic E-state index is 0.226. The molecule has 2 N–H and O–H groups in total. The van der Waals surface area contributed by atoms with Gasteiger partial charge in [-0.3, -0.25) is 0 Å². The molecule has 0 aliphatic carbocycles. The summed E-state index contributed by atoms with van der Waals surface area (Å²) in [7, 11) is 0. The summed E-state index contributed by atoms with van der Waals surface area (Å²) in [5, 5.41) is 0. The first-order valence-corrected chi connectivity index (χ1v) is 5.94. The molecule has 0 aliphatic rings. The summed E-state index contributed by atoms with van der Waals surface area (Å²) in [6.07, 6.45) is 0. The van der Waals surface area contributed by atoms with Crippen molar-refractivity contribution < 1.29 is 13.2 Å². The highest BCUT2D eigenvalue weighted by Gasteiger charge is 2.15. The van der Waals surface area contributed by atoms with E-state index in [1.54, 1.807) is 6.07 Å². The zero-order chi connectivity index (χ0) is 13.3. The van der Waals surface area contributed by atoms with E-state index in [9.17, 15) is 13.2 Å². The van der Waals surface area contributed by atoms with Crippen molar-refractivity contribution >= 4 is 15.9 Å². The largest absolute Gasteiger partial charge is 0.320 e. The molecule has 0 amide bonds. The molecular weight excluding hydrogens is 307 g/mol. The van der Waals surface area contributed by atoms with E-state index in [-0.39, 0.29) is 5.56 Å². The molecule has 0 spiro atoms. The fraction of sp³-hybridized carbons (Fsp3) is 0.0769. The topological polar surface area (TPSA) is 26.0 Å². The van der Waals surface area contributed by atoms with Crippen LogP contribution < -0.4 is 5.73 Å². The van der Waals surface area contributed by atoms with E-state index in [1.165, 1.54) is 18.2 Å². The number of hydrogen-bond acceptors (Lipinski definition) is 1. The molecule has 0 aromatic heterocycles. The van der Waals surface area contributed by atoms with Gasteiger partial charge in [-0.05, 0) is 29.8 Å². The van der Waals surface area contributed by atoms with Crippen molar-refractivity contribution in [2.75, 3.05) is 0 Å². The smallest absolute Gasteiger partial charge is 0.159 e. The Bertz CT molecular complexity index is 586. The zero-order valence-corrected chi connectivity index (χ0v) is 10.7. The average Bonchev–Trinajstić information content (AvgIpc) is 2.32. The molecule has 5 heteroatoms. The van der Waals surface area contributed by atoms with Crippen LogP contribution in [0.2, 0.25) is 0 Å². The second-order valence-corrected chi connectivity index (χ2v) is 4.73. The second kappa shape index (κ2) is 5.12. The van der Waals surface area contributed by atoms with Crippen LogP contribution in [0.1, 0.15) is 17.2 Å². The molecule has 2 aromatic rings. The van der Waals surface area contributed by atoms with Gasteiger partial charge in [-0.1, -0.05) is 28.1 Å². The summed E-state index contributed by atoms with van der Waals surface area (Å²) in [5.41, 5.74) is 6.38. The SMILES string of the molecule is NC(c1ccc(F)c(F)c1)c1ccc(Br)cc1F. The van der Waals surface area contributed by atoms with E-state index in [1.807, 2.05) is 0 Å². The number of nitrogens with two attached hydrogens (primary N) is 1. The Hall–Kier alpha value is -1.33. The van der Waals surface area contributed by atoms with Gasteiger partial charge in [0.2, 0.25) is 0 Å². The second-order valence-electron chi connectivity index (χ2n) is 3.82. The molecule has 18 heavy (non-hydrogen) atoms. The highest BCUT2D eigenvalue weighted by molar-refractivity contribution is 9.10. The first-order valence-electron chi connectivity index (χ1n) is 5.14. The molecule has 0 saturated carbocycles. The summed E-state index contributed by atoms with van der Waals surface area (Å²) >= 11 is 3.13. The molecule has 2 aromatic carbocycles. The third kappa shape index (κ3) is 2.57. The molecular formula is C13H9BrF3N. The number of hydrogen-bond donors (Lipinski definition) is 1. The van der Waals surface area contributed by atoms with Crippen LogP contribution in [0.4, 0.5) is 13.2 Å². The van der Waals surface area contributed by atoms with Gasteiger partial charge in [0.15, 0.2) is 11.6 Å². The molecule has 2 rings (SSSR count). The molecule has 94 valence electrons. The number of halogens is 4. The molecule has 0 radical (unpaired) electrons. The van der Waals surface area contributed by atoms with Crippen LogP contribution >= 0.6 is 15.9 Å². The number of rotatable bonds is 2. The van der Waals surface area contributed by atoms with Crippen LogP contribution in [0.3, 0.4) is 0 Å². The first-order chi connectivity index (χ1) is 8.49. The van der Waals surface area contributed by atoms with Gasteiger partial charge in [0.05, 0.1) is 6.04 Å². The lowest BCUT2D eigenvalue weighted by Gasteiger charge is -2.14. The minimum atomic E-state index is -1.000. The van der Waals surface area contributed by atoms with Crippen molar-refractivity contribution in [2.45, 2.75) is 6.04 Å². The lowest BCUT2D eigenvalue weighted by molar-refractivity contribution is 0.506. The molecule has 0 aliphatic heterocycles. The molecule has 0 bridgehead atoms. The fourth-order valence-electron chi connectivity index (χ4n) is 1.64. The monoisotopic (exact) mass is 315 g/mol. The maximum atomic E-state index is 13.7. The van der Waals surface area contributed by atoms with Crippen LogP contribution in [-0.2, 0) is 0 Å². The maximum absolute atomic E-state index is 13.7. The molecule has 0 saturated heterocycles. The standard InChI is InChI=1S/C13H9BrF3N/c14-8-2-3-9(11(16)6-8)13(18)7-1-4-10(15)12(17)5-7/h1-6,13H,18H2. The summed E-state index contributed by atoms with van der Waals surface area (Å²) < 4.78 is 40.2. The Morgan fingerprint density at radius 1 is 0.889 bits per heavy atom. The minimum Gasteiger partial charge on any atom is -0.320 e. The highest BCUT2D eigenvalue weighted by Crippen LogP contribution is 2.25. The molecule has 1 unspecified atom stereocenters. The van der Waals surface area contributed by atoms with E-state index < -0.39 is 23.5 Å². The molecule has 1 nitrogen and oxygen atoms in total. The van der Waals surface area contributed by atoms with Gasteiger partial charge in [-0.2, -0.15) is 0 Å². The van der Waals surface area contributed by atoms with Gasteiger partial charge in [0.1, 0.15) is 5.82 Å². The van der Waals surface area contributed by atoms with E-state index in [4.69, 9.17) is 5.73 Å². The van der Waals surface area contributed by atoms with Gasteiger partial charge >= 0.3 is 0 Å². The van der Waals surface area contributed by atoms with E-state index in [0.717, 1.165) is 12.1 Å². The highest BCUT2D eigenvalue weighted by atomic mass is 79.9. The predicted octanol–water partition coefficient (Wildman–Crippen LogP) is 3.91. The Kier molecular flexibility index (Phi) is 3.73. The van der Waals surface area contributed by atoms with Gasteiger partial charge in [-0.25, -0.2) is 13.2 Å². The van der Waals surface area contributed by atoms with Gasteiger partial charge in [-0.15, -0.1) is 0 Å². The number of benzene rings is 2. The normalized spacial score (nSPS) is 12.5. The van der Waals surface area contributed by atoms with Crippen molar-refractivity contribution in [3.8, 4) is 0 Å². The van der Waals surface area contributed by atoms with Crippen LogP contribution in [0.5, 0.6) is 0 Å². The van der Waals surface area contributed by atoms with Gasteiger partial charge in [0, 0.05) is 10.0 Å². The van der Waals surface area contributed by atoms with Crippen molar-refractivity contribution in [2.24, 2.45) is 5.73 Å². The van der Waals surface area contributed by atoms with Crippen molar-refractivity contribution in [1.82, 2.24) is 0 Å². The van der Waals surface area contributed by atoms with Crippen LogP contribution in [-0.4, -0.2) is 0 Å². The van der Waals surface area contributed by atoms with E-state index in [2.05, 4.69) is 15.9 Å². The summed E-state index contributed by atoms with van der Waals surface area (Å²) in [6, 6.07) is 6.86. The third-order valence-corrected chi connectivity index (χ3v) is 3.09. The fourth-order valence-corrected chi connectivity index (χ4v) is 1.97. The Labute approximate surface area is 111 Å². The Balaban J connectivity index is 2.41. The molecule has 1 atom stereocenters. The van der Waals surface area contributed by atoms with Crippen LogP contribution in [0.25, 0.3) is 0 Å². The van der Waals surface area contributed by atoms with Crippen molar-refractivity contribution in [3.63, 3.8) is 0 Å². The van der Waals surface area contributed by atoms with Crippen molar-refractivity contribution in [3.05, 3.63) is 69.4 Å². The third-order valence-electron chi connectivity index (χ3n) is 2.60. The van der Waals surface area contributed by atoms with E-state index in [0.29, 0.717) is 10.0 Å². The first kappa shape index (κ1) is 13.1. The summed E-state index contributed by atoms with van der Waals surface area (Å²) in [5.74, 6) is -2.45. The quantitative estimate of drug-likeness (QED) is 0.893. The molecule has 0 heterocycles. The maximum Gasteiger partial charge on any atom is 0.159 e. The van der Waals surface area contributed by atoms with Crippen LogP contribution in [0, 0.1) is 17.5 Å². The van der Waals surface area contributed by atoms with Crippen molar-refractivity contribution in [1.29, 1.82) is 0 Å². The lowest BCUT2D eigenvalue weighted by Crippen LogP contribution is -2.14. The van der Waals surface area contributed by atoms with E-state index >= 15 is 0 Å². The Morgan fingerprint density at radius 2 is 1.61 bits per heavy atom. The summed E-state index contributed by atoms with van der Waals surface area (Å²) in [4.78, 5) is 0. The lowest BCUT2D eigenvalue weighted by atomic mass is 9.99. The zero-order valence-electron chi connectivity index (χ0n) is 9.13. The Morgan fingerprint density at radius 3 is 2.22 bits per heavy atom. The summed E-state index contributed by atoms with van der Waals surface area (Å²) in [6.45, 7) is 0.